The zero-order chi connectivity index (χ0) is 34.9. The molecule has 0 saturated heterocycles. The highest BCUT2D eigenvalue weighted by atomic mass is 32.2. The van der Waals surface area contributed by atoms with Crippen LogP contribution in [0.25, 0.3) is 17.4 Å². The molecule has 3 amide bonds. The van der Waals surface area contributed by atoms with Crippen LogP contribution >= 0.6 is 11.8 Å². The predicted octanol–water partition coefficient (Wildman–Crippen LogP) is 7.56. The summed E-state index contributed by atoms with van der Waals surface area (Å²) in [6.45, 7) is 7.22. The maximum atomic E-state index is 14.0. The van der Waals surface area contributed by atoms with E-state index in [1.54, 1.807) is 56.4 Å². The van der Waals surface area contributed by atoms with Crippen molar-refractivity contribution in [3.8, 4) is 11.3 Å². The molecule has 0 unspecified atom stereocenters. The largest absolute Gasteiger partial charge is 0.457 e. The fraction of sp³-hybridized carbons (Fsp3) is 0.105. The molecule has 1 N–H and O–H groups in total. The van der Waals surface area contributed by atoms with E-state index in [1.165, 1.54) is 23.1 Å². The Labute approximate surface area is 287 Å². The van der Waals surface area contributed by atoms with E-state index in [0.717, 1.165) is 28.5 Å². The molecule has 3 aromatic carbocycles. The Kier molecular flexibility index (Phi) is 11.0. The summed E-state index contributed by atoms with van der Waals surface area (Å²) < 4.78 is 5.92. The van der Waals surface area contributed by atoms with Crippen molar-refractivity contribution < 1.29 is 23.7 Å². The van der Waals surface area contributed by atoms with Gasteiger partial charge in [0, 0.05) is 23.4 Å². The van der Waals surface area contributed by atoms with Crippen LogP contribution in [0.5, 0.6) is 0 Å². The second-order valence-electron chi connectivity index (χ2n) is 10.8. The molecule has 49 heavy (non-hydrogen) atoms. The number of thioether (sulfide) groups is 1. The Bertz CT molecular complexity index is 1990. The van der Waals surface area contributed by atoms with Crippen molar-refractivity contribution in [2.45, 2.75) is 19.9 Å². The second kappa shape index (κ2) is 15.7. The number of nitro groups is 1. The SMILES string of the molecule is C=C/C=C\C(=C/C)N1C(=O)/C(=C/c2ccc(-c3cc([N+](=O)[O-])ccc3C)o2)C(=O)N=C1SCC(=O)NC(c1ccccc1)c1ccccc1. The number of nitro benzene ring substituents is 1. The smallest absolute Gasteiger partial charge is 0.285 e. The average Bonchev–Trinajstić information content (AvgIpc) is 3.58. The minimum atomic E-state index is -0.803. The van der Waals surface area contributed by atoms with Crippen LogP contribution in [0.4, 0.5) is 5.69 Å². The van der Waals surface area contributed by atoms with Gasteiger partial charge in [0.2, 0.25) is 5.91 Å². The van der Waals surface area contributed by atoms with E-state index in [-0.39, 0.29) is 33.8 Å². The molecule has 4 aromatic rings. The topological polar surface area (TPSA) is 135 Å². The molecule has 0 fully saturated rings. The third-order valence-corrected chi connectivity index (χ3v) is 8.46. The number of carbonyl (C=O) groups is 3. The lowest BCUT2D eigenvalue weighted by atomic mass is 9.99. The normalized spacial score (nSPS) is 14.4. The summed E-state index contributed by atoms with van der Waals surface area (Å²) >= 11 is 0.962. The Hall–Kier alpha value is -6.07. The van der Waals surface area contributed by atoms with Crippen LogP contribution in [0.3, 0.4) is 0 Å². The average molecular weight is 673 g/mol. The van der Waals surface area contributed by atoms with E-state index < -0.39 is 22.8 Å². The standard InChI is InChI=1S/C38H32N4O6S/c1-4-6-17-28(5-2)41-37(45)32(23-30-20-21-33(48-30)31-22-29(42(46)47)19-18-25(31)3)36(44)40-38(41)49-24-34(43)39-35(26-13-9-7-10-14-26)27-15-11-8-12-16-27/h4-23,35H,1,24H2,2-3H3,(H,39,43)/b17-6-,28-5+,32-23+. The molecule has 0 spiro atoms. The van der Waals surface area contributed by atoms with Crippen molar-refractivity contribution in [3.63, 3.8) is 0 Å². The van der Waals surface area contributed by atoms with Gasteiger partial charge in [-0.05, 0) is 54.8 Å². The zero-order valence-corrected chi connectivity index (χ0v) is 27.6. The zero-order valence-electron chi connectivity index (χ0n) is 26.7. The number of amidine groups is 1. The lowest BCUT2D eigenvalue weighted by molar-refractivity contribution is -0.384. The maximum Gasteiger partial charge on any atom is 0.285 e. The minimum Gasteiger partial charge on any atom is -0.457 e. The highest BCUT2D eigenvalue weighted by Gasteiger charge is 2.35. The number of rotatable bonds is 11. The number of furan rings is 1. The second-order valence-corrected chi connectivity index (χ2v) is 11.7. The Balaban J connectivity index is 1.42. The van der Waals surface area contributed by atoms with E-state index >= 15 is 0 Å². The third-order valence-electron chi connectivity index (χ3n) is 7.52. The number of nitrogens with one attached hydrogen (secondary N) is 1. The van der Waals surface area contributed by atoms with Crippen molar-refractivity contribution in [1.29, 1.82) is 0 Å². The van der Waals surface area contributed by atoms with Gasteiger partial charge in [0.25, 0.3) is 17.5 Å². The van der Waals surface area contributed by atoms with Crippen LogP contribution in [0.1, 0.15) is 35.4 Å². The number of aliphatic imine (C=N–C) groups is 1. The van der Waals surface area contributed by atoms with Gasteiger partial charge in [-0.3, -0.25) is 29.4 Å². The maximum absolute atomic E-state index is 14.0. The summed E-state index contributed by atoms with van der Waals surface area (Å²) in [5, 5.41) is 14.4. The summed E-state index contributed by atoms with van der Waals surface area (Å²) in [6, 6.07) is 26.3. The first-order valence-corrected chi connectivity index (χ1v) is 16.2. The van der Waals surface area contributed by atoms with Gasteiger partial charge in [0.05, 0.1) is 16.7 Å². The van der Waals surface area contributed by atoms with Crippen LogP contribution in [0, 0.1) is 17.0 Å². The van der Waals surface area contributed by atoms with Crippen molar-refractivity contribution in [2.75, 3.05) is 5.75 Å². The molecule has 0 atom stereocenters. The van der Waals surface area contributed by atoms with Crippen LogP contribution in [0.15, 0.2) is 143 Å². The summed E-state index contributed by atoms with van der Waals surface area (Å²) in [5.74, 6) is -1.41. The highest BCUT2D eigenvalue weighted by molar-refractivity contribution is 8.14. The number of allylic oxidation sites excluding steroid dienone is 4. The number of nitrogens with zero attached hydrogens (tertiary/aromatic N) is 3. The van der Waals surface area contributed by atoms with Gasteiger partial charge in [-0.25, -0.2) is 0 Å². The van der Waals surface area contributed by atoms with E-state index in [9.17, 15) is 24.5 Å². The van der Waals surface area contributed by atoms with E-state index in [2.05, 4.69) is 16.9 Å². The van der Waals surface area contributed by atoms with Gasteiger partial charge in [-0.2, -0.15) is 4.99 Å². The van der Waals surface area contributed by atoms with Crippen LogP contribution < -0.4 is 5.32 Å². The predicted molar refractivity (Wildman–Crippen MR) is 191 cm³/mol. The number of aryl methyl sites for hydroxylation is 1. The van der Waals surface area contributed by atoms with Crippen LogP contribution in [-0.4, -0.2) is 38.5 Å². The van der Waals surface area contributed by atoms with Gasteiger partial charge in [0.15, 0.2) is 5.17 Å². The monoisotopic (exact) mass is 672 g/mol. The van der Waals surface area contributed by atoms with Crippen molar-refractivity contribution >= 4 is 46.4 Å². The molecule has 11 heteroatoms. The van der Waals surface area contributed by atoms with E-state index in [1.807, 2.05) is 60.7 Å². The van der Waals surface area contributed by atoms with E-state index in [0.29, 0.717) is 17.0 Å². The minimum absolute atomic E-state index is 0.0347. The molecule has 0 aliphatic carbocycles. The number of non-ortho nitro benzene ring substituents is 1. The highest BCUT2D eigenvalue weighted by Crippen LogP contribution is 2.31. The van der Waals surface area contributed by atoms with Crippen LogP contribution in [0.2, 0.25) is 0 Å². The van der Waals surface area contributed by atoms with Gasteiger partial charge in [-0.15, -0.1) is 0 Å². The summed E-state index contributed by atoms with van der Waals surface area (Å²) in [7, 11) is 0. The van der Waals surface area contributed by atoms with Crippen molar-refractivity contribution in [3.05, 3.63) is 166 Å². The quantitative estimate of drug-likeness (QED) is 0.0571. The molecule has 0 bridgehead atoms. The van der Waals surface area contributed by atoms with Gasteiger partial charge < -0.3 is 9.73 Å². The third kappa shape index (κ3) is 8.09. The van der Waals surface area contributed by atoms with Crippen LogP contribution in [-0.2, 0) is 14.4 Å². The Morgan fingerprint density at radius 2 is 1.71 bits per heavy atom. The molecule has 0 saturated carbocycles. The Morgan fingerprint density at radius 1 is 1.04 bits per heavy atom. The molecule has 5 rings (SSSR count). The summed E-state index contributed by atoms with van der Waals surface area (Å²) in [6.07, 6.45) is 7.80. The molecule has 2 heterocycles. The molecular weight excluding hydrogens is 641 g/mol. The first kappa shape index (κ1) is 34.3. The fourth-order valence-corrected chi connectivity index (χ4v) is 5.91. The van der Waals surface area contributed by atoms with Crippen molar-refractivity contribution in [2.24, 2.45) is 4.99 Å². The van der Waals surface area contributed by atoms with Crippen molar-refractivity contribution in [1.82, 2.24) is 10.2 Å². The fourth-order valence-electron chi connectivity index (χ4n) is 5.10. The first-order chi connectivity index (χ1) is 23.7. The molecule has 1 aliphatic heterocycles. The summed E-state index contributed by atoms with van der Waals surface area (Å²) in [4.78, 5) is 57.0. The molecule has 1 aromatic heterocycles. The number of amides is 3. The lowest BCUT2D eigenvalue weighted by Gasteiger charge is -2.28. The van der Waals surface area contributed by atoms with Gasteiger partial charge >= 0.3 is 0 Å². The van der Waals surface area contributed by atoms with Gasteiger partial charge in [-0.1, -0.05) is 103 Å². The lowest BCUT2D eigenvalue weighted by Crippen LogP contribution is -2.42. The Morgan fingerprint density at radius 3 is 2.33 bits per heavy atom. The number of hydrogen-bond acceptors (Lipinski definition) is 7. The molecular formula is C38H32N4O6S. The van der Waals surface area contributed by atoms with Gasteiger partial charge in [0.1, 0.15) is 17.1 Å². The molecule has 246 valence electrons. The number of benzene rings is 3. The molecule has 1 aliphatic rings. The number of carbonyl (C=O) groups excluding carboxylic acids is 3. The molecule has 0 radical (unpaired) electrons. The summed E-state index contributed by atoms with van der Waals surface area (Å²) in [5.41, 5.74) is 3.10. The van der Waals surface area contributed by atoms with E-state index in [4.69, 9.17) is 4.42 Å². The number of hydrogen-bond donors (Lipinski definition) is 1. The first-order valence-electron chi connectivity index (χ1n) is 15.2. The molecule has 10 nitrogen and oxygen atoms in total.